The Labute approximate surface area is 174 Å². The number of hydrogen-bond donors (Lipinski definition) is 2. The Morgan fingerprint density at radius 3 is 2.20 bits per heavy atom. The van der Waals surface area contributed by atoms with Crippen LogP contribution in [0.4, 0.5) is 0 Å². The number of hydrogen-bond acceptors (Lipinski definition) is 3. The first kappa shape index (κ1) is 21.0. The van der Waals surface area contributed by atoms with Gasteiger partial charge in [-0.25, -0.2) is 4.79 Å². The number of aliphatic carboxylic acids is 2. The van der Waals surface area contributed by atoms with Gasteiger partial charge in [0.1, 0.15) is 5.78 Å². The number of ketones is 1. The molecular formula is C25H22O5. The molecule has 0 spiro atoms. The third-order valence-electron chi connectivity index (χ3n) is 5.02. The molecule has 3 rings (SSSR count). The summed E-state index contributed by atoms with van der Waals surface area (Å²) >= 11 is 0. The number of carbonyl (C=O) groups excluding carboxylic acids is 1. The lowest BCUT2D eigenvalue weighted by Gasteiger charge is -2.14. The molecule has 1 unspecified atom stereocenters. The minimum absolute atomic E-state index is 0.162. The predicted molar refractivity (Wildman–Crippen MR) is 115 cm³/mol. The van der Waals surface area contributed by atoms with Gasteiger partial charge >= 0.3 is 11.9 Å². The number of rotatable bonds is 9. The first-order valence-electron chi connectivity index (χ1n) is 9.67. The lowest BCUT2D eigenvalue weighted by Crippen LogP contribution is -2.24. The number of Topliss-reactive ketones (excluding diaryl/α,β-unsaturated/α-hetero) is 1. The fourth-order valence-corrected chi connectivity index (χ4v) is 3.44. The zero-order valence-electron chi connectivity index (χ0n) is 16.3. The maximum Gasteiger partial charge on any atom is 0.332 e. The molecule has 0 aliphatic heterocycles. The van der Waals surface area contributed by atoms with Crippen molar-refractivity contribution in [2.45, 2.75) is 19.3 Å². The van der Waals surface area contributed by atoms with Crippen LogP contribution in [0.2, 0.25) is 0 Å². The average Bonchev–Trinajstić information content (AvgIpc) is 2.75. The predicted octanol–water partition coefficient (Wildman–Crippen LogP) is 4.60. The molecule has 3 aromatic carbocycles. The van der Waals surface area contributed by atoms with Crippen molar-refractivity contribution in [1.82, 2.24) is 0 Å². The molecule has 0 fully saturated rings. The van der Waals surface area contributed by atoms with Crippen LogP contribution < -0.4 is 0 Å². The smallest absolute Gasteiger partial charge is 0.332 e. The lowest BCUT2D eigenvalue weighted by molar-refractivity contribution is -0.145. The average molecular weight is 402 g/mol. The highest BCUT2D eigenvalue weighted by atomic mass is 16.4. The molecule has 0 aromatic heterocycles. The highest BCUT2D eigenvalue weighted by molar-refractivity contribution is 6.02. The van der Waals surface area contributed by atoms with E-state index in [-0.39, 0.29) is 24.2 Å². The largest absolute Gasteiger partial charge is 0.481 e. The first-order valence-corrected chi connectivity index (χ1v) is 9.67. The van der Waals surface area contributed by atoms with Crippen LogP contribution in [0.5, 0.6) is 0 Å². The minimum atomic E-state index is -1.41. The van der Waals surface area contributed by atoms with Crippen molar-refractivity contribution >= 4 is 34.6 Å². The molecule has 0 amide bonds. The van der Waals surface area contributed by atoms with Crippen LogP contribution in [-0.2, 0) is 20.8 Å². The summed E-state index contributed by atoms with van der Waals surface area (Å²) in [6, 6.07) is 22.3. The van der Waals surface area contributed by atoms with E-state index in [1.54, 1.807) is 12.1 Å². The summed E-state index contributed by atoms with van der Waals surface area (Å²) in [5.74, 6) is -4.36. The van der Waals surface area contributed by atoms with Gasteiger partial charge in [-0.05, 0) is 34.4 Å². The molecular weight excluding hydrogens is 380 g/mol. The second-order valence-corrected chi connectivity index (χ2v) is 7.09. The highest BCUT2D eigenvalue weighted by Crippen LogP contribution is 2.25. The summed E-state index contributed by atoms with van der Waals surface area (Å²) in [6.07, 6.45) is 1.66. The third kappa shape index (κ3) is 5.20. The quantitative estimate of drug-likeness (QED) is 0.510. The molecule has 0 radical (unpaired) electrons. The van der Waals surface area contributed by atoms with E-state index in [2.05, 4.69) is 0 Å². The van der Waals surface area contributed by atoms with Crippen molar-refractivity contribution in [1.29, 1.82) is 0 Å². The summed E-state index contributed by atoms with van der Waals surface area (Å²) in [6.45, 7) is 0. The molecule has 1 atom stereocenters. The van der Waals surface area contributed by atoms with Crippen molar-refractivity contribution < 1.29 is 24.6 Å². The van der Waals surface area contributed by atoms with E-state index in [9.17, 15) is 24.6 Å². The number of carboxylic acids is 2. The van der Waals surface area contributed by atoms with Gasteiger partial charge in [-0.1, -0.05) is 72.8 Å². The SMILES string of the molecule is O=C(CCc1ccccc1)CC(C(=O)O)C(=Cc1cccc2ccccc12)C(=O)O. The number of aryl methyl sites for hydroxylation is 1. The number of carboxylic acid groups (broad SMARTS) is 2. The van der Waals surface area contributed by atoms with Crippen LogP contribution >= 0.6 is 0 Å². The van der Waals surface area contributed by atoms with Gasteiger partial charge in [0.05, 0.1) is 11.5 Å². The highest BCUT2D eigenvalue weighted by Gasteiger charge is 2.29. The van der Waals surface area contributed by atoms with Gasteiger partial charge < -0.3 is 10.2 Å². The van der Waals surface area contributed by atoms with Crippen LogP contribution in [0.25, 0.3) is 16.8 Å². The van der Waals surface area contributed by atoms with Crippen LogP contribution in [0.3, 0.4) is 0 Å². The maximum atomic E-state index is 12.4. The topological polar surface area (TPSA) is 91.7 Å². The van der Waals surface area contributed by atoms with Crippen LogP contribution in [0, 0.1) is 5.92 Å². The van der Waals surface area contributed by atoms with Gasteiger partial charge in [0.25, 0.3) is 0 Å². The van der Waals surface area contributed by atoms with Gasteiger partial charge in [-0.3, -0.25) is 9.59 Å². The second kappa shape index (κ2) is 9.65. The number of fused-ring (bicyclic) bond motifs is 1. The number of benzene rings is 3. The summed E-state index contributed by atoms with van der Waals surface area (Å²) in [7, 11) is 0. The van der Waals surface area contributed by atoms with E-state index in [0.29, 0.717) is 12.0 Å². The standard InChI is InChI=1S/C25H22O5/c26-20(14-13-17-7-2-1-3-8-17)16-23(25(29)30)22(24(27)28)15-19-11-6-10-18-9-4-5-12-21(18)19/h1-12,15,23H,13-14,16H2,(H,27,28)(H,29,30). The lowest BCUT2D eigenvalue weighted by atomic mass is 9.89. The Kier molecular flexibility index (Phi) is 6.75. The Balaban J connectivity index is 1.85. The molecule has 5 nitrogen and oxygen atoms in total. The van der Waals surface area contributed by atoms with Crippen molar-refractivity contribution in [2.24, 2.45) is 5.92 Å². The Morgan fingerprint density at radius 2 is 1.50 bits per heavy atom. The van der Waals surface area contributed by atoms with E-state index < -0.39 is 17.9 Å². The molecule has 0 bridgehead atoms. The molecule has 2 N–H and O–H groups in total. The van der Waals surface area contributed by atoms with E-state index >= 15 is 0 Å². The number of carbonyl (C=O) groups is 3. The Hall–Kier alpha value is -3.73. The van der Waals surface area contributed by atoms with Gasteiger partial charge in [-0.2, -0.15) is 0 Å². The fourth-order valence-electron chi connectivity index (χ4n) is 3.44. The van der Waals surface area contributed by atoms with Gasteiger partial charge in [0.15, 0.2) is 0 Å². The molecule has 152 valence electrons. The molecule has 0 aliphatic carbocycles. The van der Waals surface area contributed by atoms with E-state index in [0.717, 1.165) is 16.3 Å². The monoisotopic (exact) mass is 402 g/mol. The fraction of sp³-hybridized carbons (Fsp3) is 0.160. The van der Waals surface area contributed by atoms with E-state index in [1.165, 1.54) is 6.08 Å². The van der Waals surface area contributed by atoms with Crippen LogP contribution in [-0.4, -0.2) is 27.9 Å². The van der Waals surface area contributed by atoms with Gasteiger partial charge in [0, 0.05) is 12.8 Å². The van der Waals surface area contributed by atoms with Crippen molar-refractivity contribution in [2.75, 3.05) is 0 Å². The summed E-state index contributed by atoms with van der Waals surface area (Å²) in [5.41, 5.74) is 1.28. The molecule has 3 aromatic rings. The molecule has 0 aliphatic rings. The molecule has 30 heavy (non-hydrogen) atoms. The Bertz CT molecular complexity index is 1090. The molecule has 0 saturated carbocycles. The summed E-state index contributed by atoms with van der Waals surface area (Å²) in [4.78, 5) is 36.2. The molecule has 5 heteroatoms. The van der Waals surface area contributed by atoms with Gasteiger partial charge in [0.2, 0.25) is 0 Å². The normalized spacial score (nSPS) is 12.5. The molecule has 0 heterocycles. The maximum absolute atomic E-state index is 12.4. The Morgan fingerprint density at radius 1 is 0.833 bits per heavy atom. The van der Waals surface area contributed by atoms with Crippen molar-refractivity contribution in [3.63, 3.8) is 0 Å². The summed E-state index contributed by atoms with van der Waals surface area (Å²) < 4.78 is 0. The zero-order chi connectivity index (χ0) is 21.5. The summed E-state index contributed by atoms with van der Waals surface area (Å²) in [5, 5.41) is 21.1. The van der Waals surface area contributed by atoms with Crippen LogP contribution in [0.1, 0.15) is 24.0 Å². The third-order valence-corrected chi connectivity index (χ3v) is 5.02. The van der Waals surface area contributed by atoms with E-state index in [4.69, 9.17) is 0 Å². The zero-order valence-corrected chi connectivity index (χ0v) is 16.3. The second-order valence-electron chi connectivity index (χ2n) is 7.09. The van der Waals surface area contributed by atoms with Gasteiger partial charge in [-0.15, -0.1) is 0 Å². The van der Waals surface area contributed by atoms with Crippen molar-refractivity contribution in [3.8, 4) is 0 Å². The molecule has 0 saturated heterocycles. The van der Waals surface area contributed by atoms with Crippen molar-refractivity contribution in [3.05, 3.63) is 89.5 Å². The minimum Gasteiger partial charge on any atom is -0.481 e. The van der Waals surface area contributed by atoms with E-state index in [1.807, 2.05) is 60.7 Å². The first-order chi connectivity index (χ1) is 14.5. The van der Waals surface area contributed by atoms with Crippen LogP contribution in [0.15, 0.2) is 78.4 Å².